The van der Waals surface area contributed by atoms with E-state index >= 15 is 0 Å². The van der Waals surface area contributed by atoms with Crippen LogP contribution in [0.25, 0.3) is 0 Å². The van der Waals surface area contributed by atoms with Crippen molar-refractivity contribution in [2.45, 2.75) is 0 Å². The molecule has 0 fully saturated rings. The summed E-state index contributed by atoms with van der Waals surface area (Å²) in [6.07, 6.45) is 3.51. The summed E-state index contributed by atoms with van der Waals surface area (Å²) in [7, 11) is -4.37. The third-order valence-electron chi connectivity index (χ3n) is 0.969. The van der Waals surface area contributed by atoms with E-state index in [2.05, 4.69) is 10.3 Å². The van der Waals surface area contributed by atoms with Crippen LogP contribution in [-0.4, -0.2) is 31.6 Å². The van der Waals surface area contributed by atoms with E-state index in [1.54, 1.807) is 12.4 Å². The van der Waals surface area contributed by atoms with Gasteiger partial charge in [0.05, 0.1) is 0 Å². The number of anilines is 1. The fraction of sp³-hybridized carbons (Fsp3) is 0.167. The van der Waals surface area contributed by atoms with E-state index in [1.807, 2.05) is 19.2 Å². The summed E-state index contributed by atoms with van der Waals surface area (Å²) in [6, 6.07) is 3.83. The molecule has 1 rings (SSSR count). The molecule has 0 aliphatic heterocycles. The molecule has 0 aliphatic carbocycles. The predicted octanol–water partition coefficient (Wildman–Crippen LogP) is -0.155. The molecule has 0 spiro atoms. The van der Waals surface area contributed by atoms with Crippen molar-refractivity contribution in [3.05, 3.63) is 24.5 Å². The SMILES string of the molecule is CNc1ccncc1.O=[PH](O)O.O=[PH](O)O. The molecule has 0 amide bonds. The highest BCUT2D eigenvalue weighted by Crippen LogP contribution is 1.99. The molecule has 0 aliphatic rings. The van der Waals surface area contributed by atoms with E-state index in [0.29, 0.717) is 0 Å². The molecule has 0 unspecified atom stereocenters. The molecule has 1 heterocycles. The minimum absolute atomic E-state index is 1.10. The van der Waals surface area contributed by atoms with Gasteiger partial charge in [-0.15, -0.1) is 0 Å². The first-order chi connectivity index (χ1) is 7.40. The summed E-state index contributed by atoms with van der Waals surface area (Å²) >= 11 is 0. The molecule has 5 N–H and O–H groups in total. The first-order valence-electron chi connectivity index (χ1n) is 3.81. The average molecular weight is 272 g/mol. The van der Waals surface area contributed by atoms with Gasteiger partial charge in [-0.3, -0.25) is 14.1 Å². The van der Waals surface area contributed by atoms with Gasteiger partial charge >= 0.3 is 16.5 Å². The second-order valence-corrected chi connectivity index (χ2v) is 3.18. The largest absolute Gasteiger partial charge is 0.388 e. The molecule has 1 aromatic heterocycles. The molecule has 0 atom stereocenters. The lowest BCUT2D eigenvalue weighted by atomic mass is 10.4. The summed E-state index contributed by atoms with van der Waals surface area (Å²) in [5, 5.41) is 2.99. The Bertz CT molecular complexity index is 289. The Kier molecular flexibility index (Phi) is 13.6. The number of rotatable bonds is 1. The quantitative estimate of drug-likeness (QED) is 0.444. The topological polar surface area (TPSA) is 140 Å². The Hall–Kier alpha value is -0.750. The van der Waals surface area contributed by atoms with Crippen molar-refractivity contribution in [1.29, 1.82) is 0 Å². The molecule has 10 heteroatoms. The van der Waals surface area contributed by atoms with Gasteiger partial charge in [0.2, 0.25) is 0 Å². The Balaban J connectivity index is 0. The Morgan fingerprint density at radius 2 is 1.38 bits per heavy atom. The lowest BCUT2D eigenvalue weighted by Crippen LogP contribution is -1.85. The predicted molar refractivity (Wildman–Crippen MR) is 60.7 cm³/mol. The maximum Gasteiger partial charge on any atom is 0.314 e. The number of pyridine rings is 1. The van der Waals surface area contributed by atoms with Crippen LogP contribution in [0.3, 0.4) is 0 Å². The van der Waals surface area contributed by atoms with E-state index in [-0.39, 0.29) is 0 Å². The molecule has 16 heavy (non-hydrogen) atoms. The summed E-state index contributed by atoms with van der Waals surface area (Å²) in [4.78, 5) is 32.5. The standard InChI is InChI=1S/C6H8N2.2H3O3P/c1-7-6-2-4-8-5-3-6;2*1-4(2)3/h2-5H,1H3,(H,7,8);2*4H,(H2,1,2,3). The molecule has 94 valence electrons. The highest BCUT2D eigenvalue weighted by Gasteiger charge is 1.78. The molecule has 1 aromatic rings. The van der Waals surface area contributed by atoms with Crippen LogP contribution in [0.4, 0.5) is 5.69 Å². The minimum atomic E-state index is -3.13. The number of nitrogens with zero attached hydrogens (tertiary/aromatic N) is 1. The van der Waals surface area contributed by atoms with Crippen LogP contribution in [0.5, 0.6) is 0 Å². The molecular formula is C6H14N2O6P2. The van der Waals surface area contributed by atoms with E-state index < -0.39 is 16.5 Å². The van der Waals surface area contributed by atoms with E-state index in [4.69, 9.17) is 28.7 Å². The third-order valence-corrected chi connectivity index (χ3v) is 0.969. The van der Waals surface area contributed by atoms with Crippen LogP contribution in [0, 0.1) is 0 Å². The third kappa shape index (κ3) is 23.2. The van der Waals surface area contributed by atoms with Crippen molar-refractivity contribution in [2.75, 3.05) is 12.4 Å². The van der Waals surface area contributed by atoms with Gasteiger partial charge in [0.15, 0.2) is 0 Å². The Morgan fingerprint density at radius 1 is 1.06 bits per heavy atom. The molecule has 0 radical (unpaired) electrons. The van der Waals surface area contributed by atoms with Crippen molar-refractivity contribution in [1.82, 2.24) is 4.98 Å². The summed E-state index contributed by atoms with van der Waals surface area (Å²) < 4.78 is 17.5. The Labute approximate surface area is 93.5 Å². The highest BCUT2D eigenvalue weighted by molar-refractivity contribution is 7.31. The number of nitrogens with one attached hydrogen (secondary N) is 1. The summed E-state index contributed by atoms with van der Waals surface area (Å²) in [6.45, 7) is 0. The molecule has 0 aromatic carbocycles. The van der Waals surface area contributed by atoms with Gasteiger partial charge in [0, 0.05) is 25.1 Å². The van der Waals surface area contributed by atoms with Crippen molar-refractivity contribution >= 4 is 22.2 Å². The van der Waals surface area contributed by atoms with Crippen molar-refractivity contribution < 1.29 is 28.7 Å². The van der Waals surface area contributed by atoms with Crippen LogP contribution in [0.1, 0.15) is 0 Å². The monoisotopic (exact) mass is 272 g/mol. The number of aromatic nitrogens is 1. The van der Waals surface area contributed by atoms with Gasteiger partial charge in [-0.05, 0) is 12.1 Å². The number of hydrogen-bond donors (Lipinski definition) is 5. The van der Waals surface area contributed by atoms with Crippen LogP contribution in [0.15, 0.2) is 24.5 Å². The first-order valence-corrected chi connectivity index (χ1v) is 6.42. The van der Waals surface area contributed by atoms with E-state index in [9.17, 15) is 0 Å². The fourth-order valence-corrected chi connectivity index (χ4v) is 0.519. The van der Waals surface area contributed by atoms with Gasteiger partial charge in [0.1, 0.15) is 0 Å². The van der Waals surface area contributed by atoms with E-state index in [0.717, 1.165) is 5.69 Å². The van der Waals surface area contributed by atoms with Crippen molar-refractivity contribution in [2.24, 2.45) is 0 Å². The zero-order chi connectivity index (χ0) is 13.0. The van der Waals surface area contributed by atoms with Gasteiger partial charge in [-0.1, -0.05) is 0 Å². The smallest absolute Gasteiger partial charge is 0.314 e. The number of hydrogen-bond acceptors (Lipinski definition) is 4. The van der Waals surface area contributed by atoms with Gasteiger partial charge in [0.25, 0.3) is 0 Å². The molecule has 0 bridgehead atoms. The van der Waals surface area contributed by atoms with Gasteiger partial charge in [-0.2, -0.15) is 0 Å². The van der Waals surface area contributed by atoms with E-state index in [1.165, 1.54) is 0 Å². The zero-order valence-corrected chi connectivity index (χ0v) is 10.4. The van der Waals surface area contributed by atoms with Crippen molar-refractivity contribution in [3.63, 3.8) is 0 Å². The first kappa shape index (κ1) is 17.6. The van der Waals surface area contributed by atoms with Crippen LogP contribution >= 0.6 is 16.5 Å². The zero-order valence-electron chi connectivity index (χ0n) is 8.36. The maximum absolute atomic E-state index is 8.74. The van der Waals surface area contributed by atoms with Gasteiger partial charge in [-0.25, -0.2) is 0 Å². The molecule has 0 saturated carbocycles. The van der Waals surface area contributed by atoms with Gasteiger partial charge < -0.3 is 24.9 Å². The van der Waals surface area contributed by atoms with Crippen molar-refractivity contribution in [3.8, 4) is 0 Å². The van der Waals surface area contributed by atoms with Crippen LogP contribution in [-0.2, 0) is 9.13 Å². The fourth-order valence-electron chi connectivity index (χ4n) is 0.519. The summed E-state index contributed by atoms with van der Waals surface area (Å²) in [5.41, 5.74) is 1.10. The maximum atomic E-state index is 8.74. The lowest BCUT2D eigenvalue weighted by Gasteiger charge is -1.93. The molecular weight excluding hydrogens is 258 g/mol. The second kappa shape index (κ2) is 12.3. The molecule has 8 nitrogen and oxygen atoms in total. The molecule has 0 saturated heterocycles. The highest BCUT2D eigenvalue weighted by atomic mass is 31.1. The Morgan fingerprint density at radius 3 is 1.56 bits per heavy atom. The lowest BCUT2D eigenvalue weighted by molar-refractivity contribution is 0.403. The summed E-state index contributed by atoms with van der Waals surface area (Å²) in [5.74, 6) is 0. The average Bonchev–Trinajstić information content (AvgIpc) is 2.17. The normalized spacial score (nSPS) is 8.69. The minimum Gasteiger partial charge on any atom is -0.388 e. The van der Waals surface area contributed by atoms with Crippen LogP contribution < -0.4 is 5.32 Å². The second-order valence-electron chi connectivity index (χ2n) is 2.05. The van der Waals surface area contributed by atoms with Crippen LogP contribution in [0.2, 0.25) is 0 Å².